The molecule has 7 heteroatoms. The number of allylic oxidation sites excluding steroid dienone is 8. The van der Waals surface area contributed by atoms with Crippen molar-refractivity contribution in [1.29, 1.82) is 0 Å². The van der Waals surface area contributed by atoms with Crippen molar-refractivity contribution < 1.29 is 26.7 Å². The minimum absolute atomic E-state index is 0.155. The van der Waals surface area contributed by atoms with Gasteiger partial charge in [-0.3, -0.25) is 4.79 Å². The van der Waals surface area contributed by atoms with Gasteiger partial charge < -0.3 is 4.90 Å². The zero-order valence-electron chi connectivity index (χ0n) is 11.7. The molecule has 1 aliphatic heterocycles. The summed E-state index contributed by atoms with van der Waals surface area (Å²) in [4.78, 5) is 12.8. The van der Waals surface area contributed by atoms with Crippen molar-refractivity contribution in [2.45, 2.75) is 13.1 Å². The molecule has 0 saturated heterocycles. The molecule has 0 aromatic carbocycles. The average Bonchev–Trinajstić information content (AvgIpc) is 2.39. The highest BCUT2D eigenvalue weighted by molar-refractivity contribution is 6.04. The van der Waals surface area contributed by atoms with Gasteiger partial charge in [0, 0.05) is 30.4 Å². The van der Waals surface area contributed by atoms with Gasteiger partial charge in [0.05, 0.1) is 5.57 Å². The molecule has 2 nitrogen and oxygen atoms in total. The largest absolute Gasteiger partial charge is 0.455 e. The predicted molar refractivity (Wildman–Crippen MR) is 70.6 cm³/mol. The number of likely N-dealkylation sites (N-methyl/N-ethyl adjacent to an activating group) is 1. The summed E-state index contributed by atoms with van der Waals surface area (Å²) in [5.41, 5.74) is -1.45. The standard InChI is InChI=1S/C15H12F5NO/c1-8-7-9(16)12(14(22)15(18,19)20)13(17)11(8)10-5-3-4-6-21(10)2/h3-8H,1-2H3. The Morgan fingerprint density at radius 2 is 1.86 bits per heavy atom. The van der Waals surface area contributed by atoms with Crippen molar-refractivity contribution in [3.63, 3.8) is 0 Å². The summed E-state index contributed by atoms with van der Waals surface area (Å²) in [5, 5.41) is 0. The fourth-order valence-electron chi connectivity index (χ4n) is 2.32. The molecule has 1 heterocycles. The number of alkyl halides is 3. The molecule has 0 bridgehead atoms. The fraction of sp³-hybridized carbons (Fsp3) is 0.267. The highest BCUT2D eigenvalue weighted by Gasteiger charge is 2.45. The zero-order valence-corrected chi connectivity index (χ0v) is 11.7. The van der Waals surface area contributed by atoms with Crippen LogP contribution in [0.15, 0.2) is 59.0 Å². The van der Waals surface area contributed by atoms with Gasteiger partial charge >= 0.3 is 6.18 Å². The van der Waals surface area contributed by atoms with Crippen molar-refractivity contribution in [3.8, 4) is 0 Å². The van der Waals surface area contributed by atoms with Crippen LogP contribution in [0.2, 0.25) is 0 Å². The molecule has 0 amide bonds. The number of ketones is 1. The lowest BCUT2D eigenvalue weighted by Crippen LogP contribution is -2.28. The summed E-state index contributed by atoms with van der Waals surface area (Å²) in [6, 6.07) is 0. The number of carbonyl (C=O) groups excluding carboxylic acids is 1. The van der Waals surface area contributed by atoms with E-state index in [-0.39, 0.29) is 11.3 Å². The number of Topliss-reactive ketones (excluding diaryl/α,β-unsaturated/α-hetero) is 1. The molecule has 2 rings (SSSR count). The summed E-state index contributed by atoms with van der Waals surface area (Å²) in [6.07, 6.45) is 1.74. The Morgan fingerprint density at radius 3 is 2.41 bits per heavy atom. The highest BCUT2D eigenvalue weighted by atomic mass is 19.4. The number of hydrogen-bond donors (Lipinski definition) is 0. The van der Waals surface area contributed by atoms with E-state index in [1.165, 1.54) is 17.9 Å². The van der Waals surface area contributed by atoms with Crippen LogP contribution in [-0.2, 0) is 4.79 Å². The van der Waals surface area contributed by atoms with Crippen LogP contribution < -0.4 is 0 Å². The molecule has 0 saturated carbocycles. The van der Waals surface area contributed by atoms with Crippen molar-refractivity contribution in [2.75, 3.05) is 7.05 Å². The molecule has 0 spiro atoms. The minimum atomic E-state index is -5.34. The van der Waals surface area contributed by atoms with E-state index in [0.29, 0.717) is 0 Å². The van der Waals surface area contributed by atoms with Gasteiger partial charge in [-0.1, -0.05) is 13.0 Å². The second kappa shape index (κ2) is 5.55. The number of carbonyl (C=O) groups is 1. The molecule has 118 valence electrons. The smallest absolute Gasteiger partial charge is 0.351 e. The van der Waals surface area contributed by atoms with Crippen molar-refractivity contribution >= 4 is 5.78 Å². The van der Waals surface area contributed by atoms with Gasteiger partial charge in [-0.15, -0.1) is 0 Å². The number of halogens is 5. The van der Waals surface area contributed by atoms with Crippen LogP contribution in [0.3, 0.4) is 0 Å². The van der Waals surface area contributed by atoms with Crippen molar-refractivity contribution in [1.82, 2.24) is 4.90 Å². The number of hydrogen-bond acceptors (Lipinski definition) is 2. The third-order valence-electron chi connectivity index (χ3n) is 3.36. The molecule has 0 aromatic heterocycles. The van der Waals surface area contributed by atoms with Crippen LogP contribution in [0, 0.1) is 5.92 Å². The van der Waals surface area contributed by atoms with Gasteiger partial charge in [0.25, 0.3) is 5.78 Å². The van der Waals surface area contributed by atoms with Gasteiger partial charge in [0.15, 0.2) is 0 Å². The van der Waals surface area contributed by atoms with E-state index in [1.54, 1.807) is 25.4 Å². The van der Waals surface area contributed by atoms with E-state index >= 15 is 0 Å². The predicted octanol–water partition coefficient (Wildman–Crippen LogP) is 4.11. The molecule has 0 N–H and O–H groups in total. The van der Waals surface area contributed by atoms with E-state index in [9.17, 15) is 26.7 Å². The van der Waals surface area contributed by atoms with Gasteiger partial charge in [0.1, 0.15) is 11.7 Å². The highest BCUT2D eigenvalue weighted by Crippen LogP contribution is 2.40. The Labute approximate surface area is 123 Å². The first-order valence-corrected chi connectivity index (χ1v) is 6.35. The van der Waals surface area contributed by atoms with E-state index in [1.807, 2.05) is 0 Å². The molecule has 1 aliphatic carbocycles. The molecule has 2 aliphatic rings. The Balaban J connectivity index is 2.65. The summed E-state index contributed by atoms with van der Waals surface area (Å²) < 4.78 is 65.8. The average molecular weight is 317 g/mol. The van der Waals surface area contributed by atoms with Crippen LogP contribution in [-0.4, -0.2) is 23.9 Å². The lowest BCUT2D eigenvalue weighted by atomic mass is 9.87. The maximum atomic E-state index is 14.5. The second-order valence-corrected chi connectivity index (χ2v) is 4.93. The quantitative estimate of drug-likeness (QED) is 0.678. The molecule has 22 heavy (non-hydrogen) atoms. The van der Waals surface area contributed by atoms with Crippen LogP contribution in [0.5, 0.6) is 0 Å². The Hall–Kier alpha value is -2.18. The van der Waals surface area contributed by atoms with Crippen LogP contribution >= 0.6 is 0 Å². The molecule has 0 aromatic rings. The SMILES string of the molecule is CC1C=C(F)C(C(=O)C(F)(F)F)=C(F)C1=C1C=CC=CN1C. The van der Waals surface area contributed by atoms with Crippen LogP contribution in [0.1, 0.15) is 6.92 Å². The first-order valence-electron chi connectivity index (χ1n) is 6.35. The monoisotopic (exact) mass is 317 g/mol. The zero-order chi connectivity index (χ0) is 16.7. The lowest BCUT2D eigenvalue weighted by molar-refractivity contribution is -0.166. The first-order chi connectivity index (χ1) is 10.1. The van der Waals surface area contributed by atoms with Crippen molar-refractivity contribution in [2.24, 2.45) is 5.92 Å². The third-order valence-corrected chi connectivity index (χ3v) is 3.36. The maximum Gasteiger partial charge on any atom is 0.455 e. The Bertz CT molecular complexity index is 664. The molecular weight excluding hydrogens is 305 g/mol. The Morgan fingerprint density at radius 1 is 1.23 bits per heavy atom. The molecular formula is C15H12F5NO. The van der Waals surface area contributed by atoms with E-state index in [4.69, 9.17) is 0 Å². The first kappa shape index (κ1) is 16.2. The summed E-state index contributed by atoms with van der Waals surface area (Å²) >= 11 is 0. The van der Waals surface area contributed by atoms with E-state index in [0.717, 1.165) is 6.08 Å². The maximum absolute atomic E-state index is 14.5. The summed E-state index contributed by atoms with van der Waals surface area (Å²) in [7, 11) is 1.57. The molecule has 0 fully saturated rings. The third kappa shape index (κ3) is 2.75. The topological polar surface area (TPSA) is 20.3 Å². The fourth-order valence-corrected chi connectivity index (χ4v) is 2.32. The minimum Gasteiger partial charge on any atom is -0.351 e. The van der Waals surface area contributed by atoms with E-state index in [2.05, 4.69) is 0 Å². The number of rotatable bonds is 1. The van der Waals surface area contributed by atoms with E-state index < -0.39 is 35.1 Å². The number of nitrogens with zero attached hydrogens (tertiary/aromatic N) is 1. The van der Waals surface area contributed by atoms with Gasteiger partial charge in [-0.25, -0.2) is 8.78 Å². The van der Waals surface area contributed by atoms with Crippen LogP contribution in [0.25, 0.3) is 0 Å². The normalized spacial score (nSPS) is 25.7. The van der Waals surface area contributed by atoms with Gasteiger partial charge in [-0.2, -0.15) is 13.2 Å². The lowest BCUT2D eigenvalue weighted by Gasteiger charge is -2.27. The van der Waals surface area contributed by atoms with Crippen LogP contribution in [0.4, 0.5) is 22.0 Å². The van der Waals surface area contributed by atoms with Crippen molar-refractivity contribution in [3.05, 3.63) is 59.0 Å². The molecule has 1 unspecified atom stereocenters. The molecule has 0 radical (unpaired) electrons. The summed E-state index contributed by atoms with van der Waals surface area (Å²) in [6.45, 7) is 1.44. The Kier molecular flexibility index (Phi) is 4.08. The molecule has 1 atom stereocenters. The second-order valence-electron chi connectivity index (χ2n) is 4.93. The van der Waals surface area contributed by atoms with Gasteiger partial charge in [-0.05, 0) is 18.2 Å². The van der Waals surface area contributed by atoms with Gasteiger partial charge in [0.2, 0.25) is 0 Å². The summed E-state index contributed by atoms with van der Waals surface area (Å²) in [5.74, 6) is -6.30.